The SMILES string of the molecule is CO[C@@H]1[C@H](O[C@@H]2[C@@H](OC)[C@H](O[C@H]3C[C@H]4CC(=O)[C@]5(O)O[C@H](C[C@H]5C)C(C)(C)[C@H](/C=C/C=C/C=C/C(C)C)OC(=O)C[C@H](O4)[C@@H]3C)OC[C@H]2OC)O[C@@H](C)[C@@H](O)[C@H]1OC. The third-order valence-corrected chi connectivity index (χ3v) is 12.6. The zero-order valence-electron chi connectivity index (χ0n) is 36.0. The number of cyclic esters (lactones) is 1. The Labute approximate surface area is 343 Å². The van der Waals surface area contributed by atoms with Crippen LogP contribution in [0.1, 0.15) is 74.1 Å². The molecule has 0 saturated carbocycles. The predicted molar refractivity (Wildman–Crippen MR) is 209 cm³/mol. The lowest BCUT2D eigenvalue weighted by Gasteiger charge is -2.48. The maximum Gasteiger partial charge on any atom is 0.309 e. The Hall–Kier alpha value is -2.12. The molecule has 0 amide bonds. The van der Waals surface area contributed by atoms with Crippen molar-refractivity contribution >= 4 is 11.8 Å². The molecule has 5 saturated heterocycles. The molecule has 0 unspecified atom stereocenters. The summed E-state index contributed by atoms with van der Waals surface area (Å²) in [7, 11) is 6.02. The Kier molecular flexibility index (Phi) is 16.3. The molecule has 4 bridgehead atoms. The summed E-state index contributed by atoms with van der Waals surface area (Å²) < 4.78 is 67.6. The second-order valence-electron chi connectivity index (χ2n) is 17.3. The minimum atomic E-state index is -2.06. The van der Waals surface area contributed by atoms with Gasteiger partial charge in [0.15, 0.2) is 18.4 Å². The van der Waals surface area contributed by atoms with Gasteiger partial charge in [0.2, 0.25) is 5.79 Å². The highest BCUT2D eigenvalue weighted by molar-refractivity contribution is 5.86. The number of ether oxygens (including phenoxy) is 11. The monoisotopic (exact) mass is 824 g/mol. The largest absolute Gasteiger partial charge is 0.457 e. The normalized spacial score (nSPS) is 44.1. The van der Waals surface area contributed by atoms with E-state index < -0.39 is 115 Å². The van der Waals surface area contributed by atoms with Gasteiger partial charge in [-0.15, -0.1) is 0 Å². The second-order valence-corrected chi connectivity index (χ2v) is 17.3. The van der Waals surface area contributed by atoms with Crippen molar-refractivity contribution in [3.8, 4) is 0 Å². The van der Waals surface area contributed by atoms with Crippen LogP contribution in [0, 0.1) is 23.2 Å². The van der Waals surface area contributed by atoms with Gasteiger partial charge in [0.25, 0.3) is 0 Å². The number of ketones is 1. The van der Waals surface area contributed by atoms with Crippen molar-refractivity contribution in [2.24, 2.45) is 23.2 Å². The molecule has 15 heteroatoms. The number of fused-ring (bicyclic) bond motifs is 4. The molecular weight excluding hydrogens is 756 g/mol. The van der Waals surface area contributed by atoms with Crippen LogP contribution in [0.25, 0.3) is 0 Å². The van der Waals surface area contributed by atoms with Crippen molar-refractivity contribution in [2.45, 2.75) is 166 Å². The number of hydrogen-bond donors (Lipinski definition) is 2. The van der Waals surface area contributed by atoms with Gasteiger partial charge in [-0.25, -0.2) is 0 Å². The molecule has 58 heavy (non-hydrogen) atoms. The van der Waals surface area contributed by atoms with Crippen LogP contribution >= 0.6 is 0 Å². The quantitative estimate of drug-likeness (QED) is 0.215. The summed E-state index contributed by atoms with van der Waals surface area (Å²) in [5.41, 5.74) is -0.811. The molecule has 5 fully saturated rings. The van der Waals surface area contributed by atoms with Crippen LogP contribution in [0.5, 0.6) is 0 Å². The third kappa shape index (κ3) is 10.3. The van der Waals surface area contributed by atoms with E-state index in [4.69, 9.17) is 52.1 Å². The highest BCUT2D eigenvalue weighted by Gasteiger charge is 2.57. The Morgan fingerprint density at radius 3 is 2.12 bits per heavy atom. The minimum absolute atomic E-state index is 0.0779. The first-order valence-corrected chi connectivity index (χ1v) is 20.7. The van der Waals surface area contributed by atoms with Crippen LogP contribution in [0.15, 0.2) is 36.5 Å². The van der Waals surface area contributed by atoms with Gasteiger partial charge in [0.05, 0.1) is 43.5 Å². The summed E-state index contributed by atoms with van der Waals surface area (Å²) in [4.78, 5) is 27.9. The predicted octanol–water partition coefficient (Wildman–Crippen LogP) is 3.81. The van der Waals surface area contributed by atoms with Crippen molar-refractivity contribution in [1.29, 1.82) is 0 Å². The van der Waals surface area contributed by atoms with Gasteiger partial charge in [-0.2, -0.15) is 0 Å². The van der Waals surface area contributed by atoms with E-state index in [0.29, 0.717) is 12.3 Å². The number of rotatable bonds is 12. The first-order valence-electron chi connectivity index (χ1n) is 20.7. The molecule has 0 aromatic carbocycles. The van der Waals surface area contributed by atoms with E-state index in [1.807, 2.05) is 51.2 Å². The number of hydrogen-bond acceptors (Lipinski definition) is 15. The smallest absolute Gasteiger partial charge is 0.309 e. The number of Topliss-reactive ketones (excluding diaryl/α,β-unsaturated/α-hetero) is 1. The van der Waals surface area contributed by atoms with Gasteiger partial charge in [0, 0.05) is 58.5 Å². The summed E-state index contributed by atoms with van der Waals surface area (Å²) in [6.07, 6.45) is 1.19. The van der Waals surface area contributed by atoms with Crippen LogP contribution in [-0.4, -0.2) is 149 Å². The Morgan fingerprint density at radius 1 is 0.793 bits per heavy atom. The summed E-state index contributed by atoms with van der Waals surface area (Å²) in [5.74, 6) is -3.54. The van der Waals surface area contributed by atoms with E-state index in [0.717, 1.165) is 0 Å². The zero-order chi connectivity index (χ0) is 42.5. The molecule has 2 N–H and O–H groups in total. The first-order chi connectivity index (χ1) is 27.5. The number of allylic oxidation sites excluding steroid dienone is 5. The molecule has 15 nitrogen and oxygen atoms in total. The van der Waals surface area contributed by atoms with Crippen molar-refractivity contribution in [3.05, 3.63) is 36.5 Å². The molecule has 0 aromatic rings. The van der Waals surface area contributed by atoms with Crippen molar-refractivity contribution in [1.82, 2.24) is 0 Å². The number of aliphatic hydroxyl groups is 2. The molecule has 17 atom stereocenters. The van der Waals surface area contributed by atoms with E-state index in [-0.39, 0.29) is 31.8 Å². The fourth-order valence-electron chi connectivity index (χ4n) is 8.67. The van der Waals surface area contributed by atoms with E-state index in [1.165, 1.54) is 28.4 Å². The lowest BCUT2D eigenvalue weighted by Crippen LogP contribution is -2.63. The average molecular weight is 825 g/mol. The highest BCUT2D eigenvalue weighted by Crippen LogP contribution is 2.46. The van der Waals surface area contributed by atoms with Crippen LogP contribution in [-0.2, 0) is 61.7 Å². The fraction of sp³-hybridized carbons (Fsp3) is 0.814. The molecule has 0 radical (unpaired) electrons. The van der Waals surface area contributed by atoms with Gasteiger partial charge in [0.1, 0.15) is 42.7 Å². The van der Waals surface area contributed by atoms with Gasteiger partial charge in [-0.1, -0.05) is 71.9 Å². The number of aliphatic hydroxyl groups excluding tert-OH is 1. The fourth-order valence-corrected chi connectivity index (χ4v) is 8.67. The second kappa shape index (κ2) is 20.2. The number of carbonyl (C=O) groups is 2. The van der Waals surface area contributed by atoms with Crippen LogP contribution in [0.3, 0.4) is 0 Å². The van der Waals surface area contributed by atoms with Crippen LogP contribution < -0.4 is 0 Å². The van der Waals surface area contributed by atoms with Gasteiger partial charge in [-0.05, 0) is 25.3 Å². The average Bonchev–Trinajstić information content (AvgIpc) is 3.50. The van der Waals surface area contributed by atoms with Crippen LogP contribution in [0.2, 0.25) is 0 Å². The van der Waals surface area contributed by atoms with E-state index in [9.17, 15) is 19.8 Å². The lowest BCUT2D eigenvalue weighted by molar-refractivity contribution is -0.358. The third-order valence-electron chi connectivity index (χ3n) is 12.6. The molecular formula is C43H68O15. The molecule has 5 rings (SSSR count). The van der Waals surface area contributed by atoms with E-state index in [2.05, 4.69) is 19.9 Å². The lowest BCUT2D eigenvalue weighted by atomic mass is 9.77. The maximum absolute atomic E-state index is 14.1. The van der Waals surface area contributed by atoms with Crippen molar-refractivity contribution in [2.75, 3.05) is 35.0 Å². The number of carbonyl (C=O) groups excluding carboxylic acids is 2. The minimum Gasteiger partial charge on any atom is -0.457 e. The topological polar surface area (TPSA) is 176 Å². The first kappa shape index (κ1) is 46.9. The Morgan fingerprint density at radius 2 is 1.47 bits per heavy atom. The van der Waals surface area contributed by atoms with Gasteiger partial charge in [-0.3, -0.25) is 9.59 Å². The number of methoxy groups -OCH3 is 4. The van der Waals surface area contributed by atoms with Gasteiger partial charge < -0.3 is 62.3 Å². The summed E-state index contributed by atoms with van der Waals surface area (Å²) in [5, 5.41) is 22.6. The Bertz CT molecular complexity index is 1450. The molecule has 0 aromatic heterocycles. The molecule has 5 aliphatic rings. The molecule has 5 heterocycles. The highest BCUT2D eigenvalue weighted by atomic mass is 16.8. The molecule has 5 aliphatic heterocycles. The standard InChI is InChI=1S/C43H68O15/c1-23(2)16-14-12-13-15-17-32-42(6,7)33-18-24(3)43(47,58-33)31(44)20-27-19-28(25(4)29(54-27)21-34(45)56-32)55-40-38(50-10)36(30(48-8)22-52-40)57-41-39(51-11)37(49-9)35(46)26(5)53-41/h12-17,23-30,32-33,35-41,46-47H,18-22H2,1-11H3/b13-12+,16-14+,17-15+/t24-,25-,26+,27+,28+,29+,30-,32+,33-,35-,36+,37-,38-,39+,40+,41+,43-/m1/s1. The van der Waals surface area contributed by atoms with E-state index >= 15 is 0 Å². The summed E-state index contributed by atoms with van der Waals surface area (Å²) >= 11 is 0. The zero-order valence-corrected chi connectivity index (χ0v) is 36.0. The van der Waals surface area contributed by atoms with Crippen molar-refractivity contribution in [3.63, 3.8) is 0 Å². The maximum atomic E-state index is 14.1. The summed E-state index contributed by atoms with van der Waals surface area (Å²) in [6, 6.07) is 0. The number of esters is 1. The van der Waals surface area contributed by atoms with Crippen molar-refractivity contribution < 1.29 is 71.9 Å². The van der Waals surface area contributed by atoms with Gasteiger partial charge >= 0.3 is 5.97 Å². The summed E-state index contributed by atoms with van der Waals surface area (Å²) in [6.45, 7) is 13.5. The molecule has 0 spiro atoms. The molecule has 330 valence electrons. The van der Waals surface area contributed by atoms with E-state index in [1.54, 1.807) is 13.8 Å². The Balaban J connectivity index is 1.39. The van der Waals surface area contributed by atoms with Crippen LogP contribution in [0.4, 0.5) is 0 Å². The molecule has 0 aliphatic carbocycles.